The molecule has 0 aliphatic rings. The van der Waals surface area contributed by atoms with Gasteiger partial charge in [-0.1, -0.05) is 36.4 Å². The molecule has 38 heavy (non-hydrogen) atoms. The van der Waals surface area contributed by atoms with E-state index in [1.54, 1.807) is 67.6 Å². The third kappa shape index (κ3) is 4.55. The molecular formula is C27H20N8O3. The van der Waals surface area contributed by atoms with Gasteiger partial charge in [-0.05, 0) is 42.1 Å². The predicted octanol–water partition coefficient (Wildman–Crippen LogP) is 5.54. The van der Waals surface area contributed by atoms with Crippen molar-refractivity contribution in [3.05, 3.63) is 101 Å². The molecule has 5 aromatic rings. The van der Waals surface area contributed by atoms with Gasteiger partial charge in [0.2, 0.25) is 0 Å². The van der Waals surface area contributed by atoms with E-state index in [0.717, 1.165) is 0 Å². The molecule has 0 fully saturated rings. The summed E-state index contributed by atoms with van der Waals surface area (Å²) in [6.07, 6.45) is 3.08. The zero-order valence-electron chi connectivity index (χ0n) is 20.1. The van der Waals surface area contributed by atoms with Crippen LogP contribution in [0.25, 0.3) is 21.6 Å². The Morgan fingerprint density at radius 3 is 2.53 bits per heavy atom. The molecule has 2 aromatic heterocycles. The van der Waals surface area contributed by atoms with Gasteiger partial charge >= 0.3 is 0 Å². The number of rotatable bonds is 6. The Morgan fingerprint density at radius 2 is 1.82 bits per heavy atom. The van der Waals surface area contributed by atoms with Crippen molar-refractivity contribution < 1.29 is 15.0 Å². The van der Waals surface area contributed by atoms with Gasteiger partial charge in [0.1, 0.15) is 5.69 Å². The number of aryl methyl sites for hydroxylation is 1. The molecule has 0 aliphatic carbocycles. The summed E-state index contributed by atoms with van der Waals surface area (Å²) in [5, 5.41) is 37.3. The Kier molecular flexibility index (Phi) is 6.54. The van der Waals surface area contributed by atoms with Gasteiger partial charge in [0, 0.05) is 23.5 Å². The second kappa shape index (κ2) is 10.3. The van der Waals surface area contributed by atoms with Gasteiger partial charge in [-0.2, -0.15) is 9.78 Å². The fourth-order valence-electron chi connectivity index (χ4n) is 3.85. The van der Waals surface area contributed by atoms with E-state index in [1.165, 1.54) is 17.1 Å². The lowest BCUT2D eigenvalue weighted by molar-refractivity contribution is 0.102. The molecule has 186 valence electrons. The van der Waals surface area contributed by atoms with Crippen LogP contribution in [0.15, 0.2) is 83.3 Å². The summed E-state index contributed by atoms with van der Waals surface area (Å²) in [4.78, 5) is 25.0. The van der Waals surface area contributed by atoms with Crippen LogP contribution in [0.2, 0.25) is 0 Å². The molecule has 11 heteroatoms. The van der Waals surface area contributed by atoms with Crippen molar-refractivity contribution in [1.82, 2.24) is 19.7 Å². The number of nitrogens with zero attached hydrogens (tertiary/aromatic N) is 7. The van der Waals surface area contributed by atoms with Gasteiger partial charge in [0.25, 0.3) is 17.5 Å². The van der Waals surface area contributed by atoms with Crippen molar-refractivity contribution >= 4 is 39.6 Å². The number of anilines is 1. The zero-order valence-corrected chi connectivity index (χ0v) is 20.1. The molecule has 0 saturated carbocycles. The number of aromatic nitrogens is 4. The van der Waals surface area contributed by atoms with Crippen LogP contribution in [0.1, 0.15) is 21.6 Å². The molecule has 1 amide bonds. The first-order valence-electron chi connectivity index (χ1n) is 11.4. The van der Waals surface area contributed by atoms with Gasteiger partial charge in [-0.3, -0.25) is 4.79 Å². The summed E-state index contributed by atoms with van der Waals surface area (Å²) in [5.41, 5.74) is 1.81. The van der Waals surface area contributed by atoms with Gasteiger partial charge < -0.3 is 15.5 Å². The summed E-state index contributed by atoms with van der Waals surface area (Å²) < 4.78 is 1.30. The molecule has 0 unspecified atom stereocenters. The largest absolute Gasteiger partial charge is 0.505 e. The van der Waals surface area contributed by atoms with Gasteiger partial charge in [0.05, 0.1) is 24.4 Å². The summed E-state index contributed by atoms with van der Waals surface area (Å²) in [6.45, 7) is 9.14. The number of amides is 1. The fourth-order valence-corrected chi connectivity index (χ4v) is 3.85. The van der Waals surface area contributed by atoms with E-state index in [-0.39, 0.29) is 41.1 Å². The number of aromatic hydroxyl groups is 1. The van der Waals surface area contributed by atoms with Crippen molar-refractivity contribution in [3.63, 3.8) is 0 Å². The lowest BCUT2D eigenvalue weighted by Gasteiger charge is -2.11. The number of phenolic OH excluding ortho intramolecular Hbond substituents is 1. The topological polar surface area (TPSA) is 142 Å². The minimum absolute atomic E-state index is 0.00892. The van der Waals surface area contributed by atoms with Crippen LogP contribution in [0.4, 0.5) is 22.9 Å². The molecule has 0 bridgehead atoms. The maximum Gasteiger partial charge on any atom is 0.259 e. The summed E-state index contributed by atoms with van der Waals surface area (Å²) in [5.74, 6) is -0.637. The fraction of sp³-hybridized carbons (Fsp3) is 0.0741. The highest BCUT2D eigenvalue weighted by atomic mass is 16.3. The molecule has 5 rings (SSSR count). The molecule has 0 saturated heterocycles. The average molecular weight is 505 g/mol. The molecule has 0 atom stereocenters. The maximum absolute atomic E-state index is 13.1. The third-order valence-corrected chi connectivity index (χ3v) is 5.74. The number of phenols is 1. The van der Waals surface area contributed by atoms with Gasteiger partial charge in [0.15, 0.2) is 11.6 Å². The van der Waals surface area contributed by atoms with Crippen molar-refractivity contribution in [2.24, 2.45) is 10.2 Å². The molecule has 3 aromatic carbocycles. The van der Waals surface area contributed by atoms with E-state index in [2.05, 4.69) is 35.5 Å². The van der Waals surface area contributed by atoms with Crippen LogP contribution >= 0.6 is 0 Å². The predicted molar refractivity (Wildman–Crippen MR) is 140 cm³/mol. The van der Waals surface area contributed by atoms with Gasteiger partial charge in [-0.15, -0.1) is 10.2 Å². The van der Waals surface area contributed by atoms with Crippen molar-refractivity contribution in [1.29, 1.82) is 0 Å². The molecular weight excluding hydrogens is 484 g/mol. The molecule has 3 N–H and O–H groups in total. The van der Waals surface area contributed by atoms with E-state index >= 15 is 0 Å². The monoisotopic (exact) mass is 504 g/mol. The molecule has 0 spiro atoms. The molecule has 0 aliphatic heterocycles. The van der Waals surface area contributed by atoms with E-state index in [1.807, 2.05) is 0 Å². The number of aliphatic hydroxyl groups is 1. The minimum Gasteiger partial charge on any atom is -0.505 e. The van der Waals surface area contributed by atoms with Gasteiger partial charge in [-0.25, -0.2) is 14.8 Å². The number of carbonyl (C=O) groups excluding carboxylic acids is 1. The Balaban J connectivity index is 1.60. The number of azo groups is 1. The van der Waals surface area contributed by atoms with Crippen LogP contribution in [0, 0.1) is 13.5 Å². The Bertz CT molecular complexity index is 1720. The highest BCUT2D eigenvalue weighted by Crippen LogP contribution is 2.41. The molecule has 2 heterocycles. The first kappa shape index (κ1) is 24.2. The van der Waals surface area contributed by atoms with Crippen molar-refractivity contribution in [2.75, 3.05) is 5.32 Å². The lowest BCUT2D eigenvalue weighted by Crippen LogP contribution is -2.12. The van der Waals surface area contributed by atoms with Crippen LogP contribution in [-0.2, 0) is 6.61 Å². The smallest absolute Gasteiger partial charge is 0.259 e. The number of hydrogen-bond donors (Lipinski definition) is 3. The normalized spacial score (nSPS) is 11.1. The second-order valence-electron chi connectivity index (χ2n) is 8.18. The Morgan fingerprint density at radius 1 is 1.08 bits per heavy atom. The summed E-state index contributed by atoms with van der Waals surface area (Å²) in [6, 6.07) is 17.0. The number of hydrogen-bond acceptors (Lipinski definition) is 8. The standard InChI is InChI=1S/C27H20N8O3/c1-16-22(28-2)25(35(34-16)27-29-12-5-13-30-27)33-32-23-20-7-4-3-6-18(20)14-21(24(23)37)26(38)31-19-10-8-17(15-36)9-11-19/h3-14,36-37H,15H2,1H3,(H,31,38)/b33-32+. The van der Waals surface area contributed by atoms with Crippen LogP contribution < -0.4 is 5.32 Å². The van der Waals surface area contributed by atoms with E-state index < -0.39 is 5.91 Å². The minimum atomic E-state index is -0.554. The van der Waals surface area contributed by atoms with Crippen molar-refractivity contribution in [2.45, 2.75) is 13.5 Å². The first-order valence-corrected chi connectivity index (χ1v) is 11.4. The van der Waals surface area contributed by atoms with Crippen molar-refractivity contribution in [3.8, 4) is 11.7 Å². The molecule has 0 radical (unpaired) electrons. The van der Waals surface area contributed by atoms with E-state index in [9.17, 15) is 15.0 Å². The number of carbonyl (C=O) groups is 1. The highest BCUT2D eigenvalue weighted by Gasteiger charge is 2.21. The Labute approximate surface area is 216 Å². The first-order chi connectivity index (χ1) is 18.5. The zero-order chi connectivity index (χ0) is 26.6. The summed E-state index contributed by atoms with van der Waals surface area (Å²) in [7, 11) is 0. The third-order valence-electron chi connectivity index (χ3n) is 5.74. The van der Waals surface area contributed by atoms with Crippen LogP contribution in [-0.4, -0.2) is 35.9 Å². The number of nitrogens with one attached hydrogen (secondary N) is 1. The SMILES string of the molecule is [C-]#[N+]c1c(C)nn(-c2ncccn2)c1/N=N/c1c(O)c(C(=O)Nc2ccc(CO)cc2)cc2ccccc12. The summed E-state index contributed by atoms with van der Waals surface area (Å²) >= 11 is 0. The van der Waals surface area contributed by atoms with Crippen LogP contribution in [0.3, 0.4) is 0 Å². The van der Waals surface area contributed by atoms with Crippen LogP contribution in [0.5, 0.6) is 5.75 Å². The Hall–Kier alpha value is -5.47. The lowest BCUT2D eigenvalue weighted by atomic mass is 10.0. The number of fused-ring (bicyclic) bond motifs is 1. The van der Waals surface area contributed by atoms with E-state index in [0.29, 0.717) is 27.7 Å². The second-order valence-corrected chi connectivity index (χ2v) is 8.18. The van der Waals surface area contributed by atoms with E-state index in [4.69, 9.17) is 6.57 Å². The highest BCUT2D eigenvalue weighted by molar-refractivity contribution is 6.11. The number of benzene rings is 3. The maximum atomic E-state index is 13.1. The average Bonchev–Trinajstić information content (AvgIpc) is 3.27. The quantitative estimate of drug-likeness (QED) is 0.205. The molecule has 11 nitrogen and oxygen atoms in total. The number of aliphatic hydroxyl groups excluding tert-OH is 1.